The predicted octanol–water partition coefficient (Wildman–Crippen LogP) is 16.6. The molecule has 1 aliphatic carbocycles. The van der Waals surface area contributed by atoms with E-state index in [0.29, 0.717) is 5.92 Å². The highest BCUT2D eigenvalue weighted by atomic mass is 15.2. The van der Waals surface area contributed by atoms with Gasteiger partial charge in [-0.15, -0.1) is 0 Å². The largest absolute Gasteiger partial charge is 0.347 e. The van der Waals surface area contributed by atoms with Crippen LogP contribution in [0.4, 0.5) is 11.4 Å². The Hall–Kier alpha value is -7.55. The lowest BCUT2D eigenvalue weighted by atomic mass is 9.67. The van der Waals surface area contributed by atoms with Gasteiger partial charge in [-0.1, -0.05) is 227 Å². The van der Waals surface area contributed by atoms with Crippen molar-refractivity contribution in [1.82, 2.24) is 0 Å². The molecule has 0 fully saturated rings. The second kappa shape index (κ2) is 19.6. The van der Waals surface area contributed by atoms with E-state index in [-0.39, 0.29) is 16.2 Å². The molecule has 0 aromatic heterocycles. The summed E-state index contributed by atoms with van der Waals surface area (Å²) in [5, 5.41) is 5.25. The molecule has 0 saturated carbocycles. The summed E-state index contributed by atoms with van der Waals surface area (Å²) >= 11 is 0. The zero-order chi connectivity index (χ0) is 49.3. The number of fused-ring (bicyclic) bond motifs is 6. The quantitative estimate of drug-likeness (QED) is 0.111. The summed E-state index contributed by atoms with van der Waals surface area (Å²) in [4.78, 5) is 2.48. The maximum atomic E-state index is 2.48. The molecule has 8 aromatic carbocycles. The number of nitrogens with zero attached hydrogens (tertiary/aromatic N) is 2. The molecule has 11 rings (SSSR count). The standard InChI is InChI=1S/C70H67N2/c1-68(2,3)59-45-55(32-22-38-64-69(47-51-24-10-6-11-25-51,48-52-26-12-7-13-27-52)66-60-36-20-18-34-57(60)40-42-62(66)71(64)4)44-56(46-59)33-23-39-65-70(49-53-28-14-8-15-29-53,50-54-30-16-9-17-31-54)67-61-37-21-19-35-58(61)41-43-63(67)72(65)5/h6-44,59H,45-50H2,1-5H3/q+1. The summed E-state index contributed by atoms with van der Waals surface area (Å²) in [6.45, 7) is 7.26. The number of allylic oxidation sites excluding steroid dienone is 10. The van der Waals surface area contributed by atoms with E-state index >= 15 is 0 Å². The maximum absolute atomic E-state index is 2.48. The van der Waals surface area contributed by atoms with E-state index in [2.05, 4.69) is 281 Å². The zero-order valence-corrected chi connectivity index (χ0v) is 42.7. The fourth-order valence-corrected chi connectivity index (χ4v) is 12.8. The number of hydrogen-bond acceptors (Lipinski definition) is 1. The Labute approximate surface area is 428 Å². The molecule has 356 valence electrons. The van der Waals surface area contributed by atoms with Crippen LogP contribution in [0.15, 0.2) is 253 Å². The zero-order valence-electron chi connectivity index (χ0n) is 42.7. The third-order valence-electron chi connectivity index (χ3n) is 16.3. The Morgan fingerprint density at radius 1 is 0.514 bits per heavy atom. The lowest BCUT2D eigenvalue weighted by Gasteiger charge is -2.35. The summed E-state index contributed by atoms with van der Waals surface area (Å²) in [7, 11) is 4.56. The third kappa shape index (κ3) is 8.94. The second-order valence-electron chi connectivity index (χ2n) is 21.9. The van der Waals surface area contributed by atoms with Crippen LogP contribution in [0.25, 0.3) is 21.5 Å². The minimum Gasteiger partial charge on any atom is -0.347 e. The van der Waals surface area contributed by atoms with Crippen LogP contribution in [-0.4, -0.2) is 24.4 Å². The minimum atomic E-state index is -0.296. The number of anilines is 1. The number of rotatable bonds is 12. The number of benzene rings is 8. The first kappa shape index (κ1) is 46.8. The van der Waals surface area contributed by atoms with E-state index < -0.39 is 0 Å². The van der Waals surface area contributed by atoms with Crippen LogP contribution < -0.4 is 4.90 Å². The first-order valence-electron chi connectivity index (χ1n) is 26.1. The van der Waals surface area contributed by atoms with E-state index in [0.717, 1.165) is 38.5 Å². The molecule has 0 radical (unpaired) electrons. The van der Waals surface area contributed by atoms with Gasteiger partial charge in [-0.25, -0.2) is 0 Å². The molecule has 0 amide bonds. The minimum absolute atomic E-state index is 0.146. The van der Waals surface area contributed by atoms with Crippen molar-refractivity contribution in [2.45, 2.75) is 70.1 Å². The van der Waals surface area contributed by atoms with Gasteiger partial charge in [0.05, 0.1) is 5.41 Å². The highest BCUT2D eigenvalue weighted by molar-refractivity contribution is 6.08. The highest BCUT2D eigenvalue weighted by Crippen LogP contribution is 2.54. The lowest BCUT2D eigenvalue weighted by Crippen LogP contribution is -2.39. The Morgan fingerprint density at radius 2 is 0.986 bits per heavy atom. The fraction of sp³-hybridized carbons (Fsp3) is 0.214. The molecule has 8 aromatic rings. The molecule has 0 N–H and O–H groups in total. The molecule has 2 heterocycles. The van der Waals surface area contributed by atoms with Crippen molar-refractivity contribution in [3.8, 4) is 0 Å². The molecule has 0 spiro atoms. The molecule has 2 aliphatic heterocycles. The molecular formula is C70H67N2+. The molecule has 3 aliphatic rings. The van der Waals surface area contributed by atoms with Crippen LogP contribution in [0.5, 0.6) is 0 Å². The van der Waals surface area contributed by atoms with Gasteiger partial charge in [-0.3, -0.25) is 0 Å². The monoisotopic (exact) mass is 936 g/mol. The van der Waals surface area contributed by atoms with Crippen LogP contribution in [0, 0.1) is 11.3 Å². The Kier molecular flexibility index (Phi) is 12.7. The average molecular weight is 936 g/mol. The SMILES string of the molecule is CN1/C(=C/C=C/C2=CC(=C/C=C/C3=[N+](C)c4ccc5ccccc5c4C3(Cc3ccccc3)Cc3ccccc3)/CC(C(C)(C)C)C2)C(Cc2ccccc2)(Cc2ccccc2)c2c1ccc1ccccc21. The van der Waals surface area contributed by atoms with Crippen molar-refractivity contribution in [1.29, 1.82) is 0 Å². The van der Waals surface area contributed by atoms with Crippen molar-refractivity contribution in [3.05, 3.63) is 287 Å². The molecule has 1 atom stereocenters. The molecule has 2 heteroatoms. The van der Waals surface area contributed by atoms with Crippen molar-refractivity contribution in [3.63, 3.8) is 0 Å². The van der Waals surface area contributed by atoms with Gasteiger partial charge >= 0.3 is 0 Å². The van der Waals surface area contributed by atoms with E-state index in [1.165, 1.54) is 88.9 Å². The first-order valence-corrected chi connectivity index (χ1v) is 26.1. The summed E-state index contributed by atoms with van der Waals surface area (Å²) in [5.41, 5.74) is 15.8. The van der Waals surface area contributed by atoms with Gasteiger partial charge < -0.3 is 4.90 Å². The van der Waals surface area contributed by atoms with Gasteiger partial charge in [0.25, 0.3) is 0 Å². The summed E-state index contributed by atoms with van der Waals surface area (Å²) in [5.74, 6) is 0.502. The van der Waals surface area contributed by atoms with Crippen molar-refractivity contribution in [2.24, 2.45) is 11.3 Å². The van der Waals surface area contributed by atoms with Gasteiger partial charge in [0, 0.05) is 41.6 Å². The third-order valence-corrected chi connectivity index (χ3v) is 16.3. The predicted molar refractivity (Wildman–Crippen MR) is 306 cm³/mol. The average Bonchev–Trinajstić information content (AvgIpc) is 3.76. The molecule has 0 saturated heterocycles. The second-order valence-corrected chi connectivity index (χ2v) is 21.9. The van der Waals surface area contributed by atoms with Gasteiger partial charge in [0.15, 0.2) is 5.71 Å². The Bertz CT molecular complexity index is 3370. The molecule has 0 bridgehead atoms. The van der Waals surface area contributed by atoms with Crippen molar-refractivity contribution in [2.75, 3.05) is 19.0 Å². The van der Waals surface area contributed by atoms with Gasteiger partial charge in [-0.05, 0) is 129 Å². The van der Waals surface area contributed by atoms with E-state index in [1.54, 1.807) is 0 Å². The molecular weight excluding hydrogens is 869 g/mol. The van der Waals surface area contributed by atoms with E-state index in [9.17, 15) is 0 Å². The highest BCUT2D eigenvalue weighted by Gasteiger charge is 2.51. The van der Waals surface area contributed by atoms with Crippen LogP contribution in [-0.2, 0) is 36.5 Å². The fourth-order valence-electron chi connectivity index (χ4n) is 12.8. The van der Waals surface area contributed by atoms with Gasteiger partial charge in [0.2, 0.25) is 5.69 Å². The van der Waals surface area contributed by atoms with Gasteiger partial charge in [0.1, 0.15) is 7.05 Å². The number of hydrogen-bond donors (Lipinski definition) is 0. The van der Waals surface area contributed by atoms with Crippen molar-refractivity contribution >= 4 is 38.6 Å². The maximum Gasteiger partial charge on any atom is 0.210 e. The van der Waals surface area contributed by atoms with Crippen LogP contribution in [0.1, 0.15) is 67.0 Å². The normalized spacial score (nSPS) is 18.5. The Balaban J connectivity index is 0.999. The summed E-state index contributed by atoms with van der Waals surface area (Å²) in [6, 6.07) is 71.8. The van der Waals surface area contributed by atoms with Gasteiger partial charge in [-0.2, -0.15) is 4.58 Å². The van der Waals surface area contributed by atoms with E-state index in [1.807, 2.05) is 0 Å². The smallest absolute Gasteiger partial charge is 0.210 e. The van der Waals surface area contributed by atoms with Crippen LogP contribution in [0.2, 0.25) is 0 Å². The first-order chi connectivity index (χ1) is 35.1. The lowest BCUT2D eigenvalue weighted by molar-refractivity contribution is -0.401. The molecule has 1 unspecified atom stereocenters. The van der Waals surface area contributed by atoms with Crippen molar-refractivity contribution < 1.29 is 4.58 Å². The summed E-state index contributed by atoms with van der Waals surface area (Å²) in [6.07, 6.45) is 22.6. The molecule has 72 heavy (non-hydrogen) atoms. The van der Waals surface area contributed by atoms with Crippen LogP contribution >= 0.6 is 0 Å². The summed E-state index contributed by atoms with van der Waals surface area (Å²) < 4.78 is 2.48. The van der Waals surface area contributed by atoms with Crippen LogP contribution in [0.3, 0.4) is 0 Å². The number of likely N-dealkylation sites (N-methyl/N-ethyl adjacent to an activating group) is 1. The molecule has 2 nitrogen and oxygen atoms in total. The Morgan fingerprint density at radius 3 is 1.53 bits per heavy atom. The topological polar surface area (TPSA) is 6.25 Å². The van der Waals surface area contributed by atoms with E-state index in [4.69, 9.17) is 0 Å².